The molecule has 0 saturated heterocycles. The van der Waals surface area contributed by atoms with E-state index in [0.717, 1.165) is 23.8 Å². The largest absolute Gasteiger partial charge is 0.490 e. The van der Waals surface area contributed by atoms with Crippen LogP contribution in [0.5, 0.6) is 11.5 Å². The van der Waals surface area contributed by atoms with Crippen LogP contribution in [0.15, 0.2) is 65.8 Å². The number of nitrogens with zero attached hydrogens (tertiary/aromatic N) is 2. The van der Waals surface area contributed by atoms with Crippen molar-refractivity contribution in [2.45, 2.75) is 19.7 Å². The Morgan fingerprint density at radius 3 is 2.63 bits per heavy atom. The molecule has 0 heterocycles. The number of ether oxygens (including phenoxy) is 2. The standard InChI is InChI=1S/C25H19F3IN3O3/c1-2-34-22-11-16(10-21(29)23(22)35-15-19-7-4-3-6-18(19)13-30)14-31-32-24(33)17-8-5-9-20(12-17)25(26,27)28/h3-12,14H,2,15H2,1H3,(H,32,33)/b31-14-. The predicted molar refractivity (Wildman–Crippen MR) is 132 cm³/mol. The van der Waals surface area contributed by atoms with Crippen molar-refractivity contribution in [3.05, 3.63) is 92.1 Å². The third-order valence-electron chi connectivity index (χ3n) is 4.67. The van der Waals surface area contributed by atoms with Gasteiger partial charge in [-0.1, -0.05) is 24.3 Å². The number of hydrogen-bond acceptors (Lipinski definition) is 5. The topological polar surface area (TPSA) is 83.7 Å². The number of halogens is 4. The first kappa shape index (κ1) is 26.0. The van der Waals surface area contributed by atoms with Gasteiger partial charge in [0.05, 0.1) is 33.6 Å². The third kappa shape index (κ3) is 6.95. The second-order valence-electron chi connectivity index (χ2n) is 7.10. The van der Waals surface area contributed by atoms with Crippen molar-refractivity contribution in [1.82, 2.24) is 5.43 Å². The van der Waals surface area contributed by atoms with Gasteiger partial charge in [0.25, 0.3) is 5.91 Å². The van der Waals surface area contributed by atoms with Crippen LogP contribution in [-0.2, 0) is 12.8 Å². The molecule has 0 radical (unpaired) electrons. The highest BCUT2D eigenvalue weighted by Gasteiger charge is 2.30. The molecule has 6 nitrogen and oxygen atoms in total. The van der Waals surface area contributed by atoms with Crippen LogP contribution >= 0.6 is 22.6 Å². The normalized spacial score (nSPS) is 11.2. The van der Waals surface area contributed by atoms with Gasteiger partial charge in [-0.25, -0.2) is 5.43 Å². The number of amides is 1. The van der Waals surface area contributed by atoms with Gasteiger partial charge in [0.1, 0.15) is 6.61 Å². The number of rotatable bonds is 8. The number of nitriles is 1. The average Bonchev–Trinajstić information content (AvgIpc) is 2.83. The molecule has 0 aliphatic rings. The van der Waals surface area contributed by atoms with Crippen LogP contribution in [0, 0.1) is 14.9 Å². The molecular weight excluding hydrogens is 574 g/mol. The molecular formula is C25H19F3IN3O3. The molecule has 10 heteroatoms. The van der Waals surface area contributed by atoms with Gasteiger partial charge in [0, 0.05) is 11.1 Å². The number of hydrazone groups is 1. The first-order chi connectivity index (χ1) is 16.7. The van der Waals surface area contributed by atoms with Gasteiger partial charge in [-0.15, -0.1) is 0 Å². The fourth-order valence-electron chi connectivity index (χ4n) is 3.04. The van der Waals surface area contributed by atoms with Crippen molar-refractivity contribution in [2.75, 3.05) is 6.61 Å². The van der Waals surface area contributed by atoms with Crippen molar-refractivity contribution in [2.24, 2.45) is 5.10 Å². The number of carbonyl (C=O) groups is 1. The van der Waals surface area contributed by atoms with Crippen LogP contribution in [0.2, 0.25) is 0 Å². The van der Waals surface area contributed by atoms with Gasteiger partial charge in [-0.05, 0) is 71.5 Å². The number of alkyl halides is 3. The molecule has 0 aliphatic carbocycles. The van der Waals surface area contributed by atoms with Gasteiger partial charge >= 0.3 is 6.18 Å². The summed E-state index contributed by atoms with van der Waals surface area (Å²) in [6.07, 6.45) is -3.20. The summed E-state index contributed by atoms with van der Waals surface area (Å²) < 4.78 is 51.0. The maximum Gasteiger partial charge on any atom is 0.416 e. The average molecular weight is 593 g/mol. The van der Waals surface area contributed by atoms with E-state index >= 15 is 0 Å². The lowest BCUT2D eigenvalue weighted by atomic mass is 10.1. The summed E-state index contributed by atoms with van der Waals surface area (Å²) in [5.41, 5.74) is 2.97. The lowest BCUT2D eigenvalue weighted by molar-refractivity contribution is -0.137. The summed E-state index contributed by atoms with van der Waals surface area (Å²) in [6, 6.07) is 16.7. The van der Waals surface area contributed by atoms with Crippen LogP contribution in [0.1, 0.15) is 39.5 Å². The van der Waals surface area contributed by atoms with E-state index in [0.29, 0.717) is 32.8 Å². The quantitative estimate of drug-likeness (QED) is 0.200. The van der Waals surface area contributed by atoms with E-state index in [1.54, 1.807) is 30.3 Å². The lowest BCUT2D eigenvalue weighted by Crippen LogP contribution is -2.18. The molecule has 0 saturated carbocycles. The Kier molecular flexibility index (Phi) is 8.70. The molecule has 0 spiro atoms. The summed E-state index contributed by atoms with van der Waals surface area (Å²) in [5.74, 6) is 0.160. The molecule has 1 amide bonds. The van der Waals surface area contributed by atoms with Crippen molar-refractivity contribution < 1.29 is 27.4 Å². The summed E-state index contributed by atoms with van der Waals surface area (Å²) in [5, 5.41) is 13.1. The molecule has 1 N–H and O–H groups in total. The minimum atomic E-state index is -4.55. The summed E-state index contributed by atoms with van der Waals surface area (Å²) in [6.45, 7) is 2.35. The Morgan fingerprint density at radius 1 is 1.14 bits per heavy atom. The minimum Gasteiger partial charge on any atom is -0.490 e. The van der Waals surface area contributed by atoms with Gasteiger partial charge in [0.2, 0.25) is 0 Å². The molecule has 180 valence electrons. The fourth-order valence-corrected chi connectivity index (χ4v) is 3.82. The van der Waals surface area contributed by atoms with E-state index in [1.165, 1.54) is 12.3 Å². The molecule has 0 atom stereocenters. The summed E-state index contributed by atoms with van der Waals surface area (Å²) >= 11 is 2.07. The molecule has 0 aliphatic heterocycles. The van der Waals surface area contributed by atoms with E-state index in [4.69, 9.17) is 9.47 Å². The SMILES string of the molecule is CCOc1cc(/C=N\NC(=O)c2cccc(C(F)(F)F)c2)cc(I)c1OCc1ccccc1C#N. The Hall–Kier alpha value is -3.59. The predicted octanol–water partition coefficient (Wildman–Crippen LogP) is 5.92. The number of benzene rings is 3. The zero-order chi connectivity index (χ0) is 25.4. The van der Waals surface area contributed by atoms with E-state index in [-0.39, 0.29) is 12.2 Å². The van der Waals surface area contributed by atoms with Gasteiger partial charge in [0.15, 0.2) is 11.5 Å². The Labute approximate surface area is 213 Å². The van der Waals surface area contributed by atoms with Gasteiger partial charge in [-0.2, -0.15) is 23.5 Å². The second kappa shape index (κ2) is 11.7. The molecule has 0 aromatic heterocycles. The Bertz CT molecular complexity index is 1290. The van der Waals surface area contributed by atoms with E-state index in [1.807, 2.05) is 13.0 Å². The first-order valence-corrected chi connectivity index (χ1v) is 11.4. The van der Waals surface area contributed by atoms with Crippen LogP contribution in [0.25, 0.3) is 0 Å². The summed E-state index contributed by atoms with van der Waals surface area (Å²) in [7, 11) is 0. The zero-order valence-corrected chi connectivity index (χ0v) is 20.6. The van der Waals surface area contributed by atoms with Gasteiger partial charge < -0.3 is 9.47 Å². The molecule has 0 fully saturated rings. The van der Waals surface area contributed by atoms with Crippen LogP contribution in [-0.4, -0.2) is 18.7 Å². The molecule has 0 unspecified atom stereocenters. The smallest absolute Gasteiger partial charge is 0.416 e. The number of carbonyl (C=O) groups excluding carboxylic acids is 1. The molecule has 0 bridgehead atoms. The highest BCUT2D eigenvalue weighted by molar-refractivity contribution is 14.1. The second-order valence-corrected chi connectivity index (χ2v) is 8.26. The molecule has 35 heavy (non-hydrogen) atoms. The number of nitrogens with one attached hydrogen (secondary N) is 1. The Morgan fingerprint density at radius 2 is 1.91 bits per heavy atom. The Balaban J connectivity index is 1.75. The van der Waals surface area contributed by atoms with Crippen molar-refractivity contribution in [3.63, 3.8) is 0 Å². The van der Waals surface area contributed by atoms with E-state index in [2.05, 4.69) is 39.2 Å². The van der Waals surface area contributed by atoms with Crippen LogP contribution in [0.3, 0.4) is 0 Å². The highest BCUT2D eigenvalue weighted by Crippen LogP contribution is 2.35. The monoisotopic (exact) mass is 593 g/mol. The maximum absolute atomic E-state index is 12.9. The van der Waals surface area contributed by atoms with E-state index in [9.17, 15) is 23.2 Å². The first-order valence-electron chi connectivity index (χ1n) is 10.3. The zero-order valence-electron chi connectivity index (χ0n) is 18.4. The van der Waals surface area contributed by atoms with Crippen molar-refractivity contribution in [3.8, 4) is 17.6 Å². The highest BCUT2D eigenvalue weighted by atomic mass is 127. The molecule has 3 rings (SSSR count). The van der Waals surface area contributed by atoms with Crippen molar-refractivity contribution in [1.29, 1.82) is 5.26 Å². The van der Waals surface area contributed by atoms with E-state index < -0.39 is 17.6 Å². The van der Waals surface area contributed by atoms with Crippen LogP contribution < -0.4 is 14.9 Å². The minimum absolute atomic E-state index is 0.164. The fraction of sp³-hybridized carbons (Fsp3) is 0.160. The lowest BCUT2D eigenvalue weighted by Gasteiger charge is -2.15. The van der Waals surface area contributed by atoms with Crippen LogP contribution in [0.4, 0.5) is 13.2 Å². The molecule has 3 aromatic rings. The van der Waals surface area contributed by atoms with Gasteiger partial charge in [-0.3, -0.25) is 4.79 Å². The third-order valence-corrected chi connectivity index (χ3v) is 5.47. The molecule has 3 aromatic carbocycles. The number of hydrogen-bond donors (Lipinski definition) is 1. The maximum atomic E-state index is 12.9. The summed E-state index contributed by atoms with van der Waals surface area (Å²) in [4.78, 5) is 12.2. The van der Waals surface area contributed by atoms with Crippen molar-refractivity contribution >= 4 is 34.7 Å².